The van der Waals surface area contributed by atoms with Crippen molar-refractivity contribution in [1.29, 1.82) is 0 Å². The van der Waals surface area contributed by atoms with Crippen LogP contribution in [0, 0.1) is 13.8 Å². The molecule has 0 spiro atoms. The molecule has 0 amide bonds. The van der Waals surface area contributed by atoms with E-state index < -0.39 is 10.0 Å². The highest BCUT2D eigenvalue weighted by Gasteiger charge is 2.22. The molecule has 2 aromatic rings. The first-order valence-corrected chi connectivity index (χ1v) is 9.12. The summed E-state index contributed by atoms with van der Waals surface area (Å²) in [6, 6.07) is 8.79. The second-order valence-corrected chi connectivity index (χ2v) is 8.12. The van der Waals surface area contributed by atoms with Gasteiger partial charge in [0.2, 0.25) is 0 Å². The maximum atomic E-state index is 12.6. The number of rotatable bonds is 3. The molecule has 2 rings (SSSR count). The van der Waals surface area contributed by atoms with E-state index >= 15 is 0 Å². The number of sulfonamides is 1. The molecule has 0 fully saturated rings. The first-order valence-electron chi connectivity index (χ1n) is 6.05. The van der Waals surface area contributed by atoms with Crippen LogP contribution in [-0.4, -0.2) is 8.42 Å². The summed E-state index contributed by atoms with van der Waals surface area (Å²) in [4.78, 5) is 0.0339. The molecule has 21 heavy (non-hydrogen) atoms. The Morgan fingerprint density at radius 2 is 1.76 bits per heavy atom. The molecule has 0 unspecified atom stereocenters. The van der Waals surface area contributed by atoms with Gasteiger partial charge < -0.3 is 5.73 Å². The van der Waals surface area contributed by atoms with Crippen molar-refractivity contribution >= 4 is 53.3 Å². The lowest BCUT2D eigenvalue weighted by Gasteiger charge is -2.14. The third-order valence-corrected chi connectivity index (χ3v) is 5.77. The first-order chi connectivity index (χ1) is 9.70. The molecule has 7 heteroatoms. The predicted octanol–water partition coefficient (Wildman–Crippen LogP) is 4.21. The fourth-order valence-electron chi connectivity index (χ4n) is 1.91. The molecule has 0 aromatic heterocycles. The van der Waals surface area contributed by atoms with Crippen LogP contribution in [0.15, 0.2) is 44.2 Å². The Morgan fingerprint density at radius 3 is 2.38 bits per heavy atom. The van der Waals surface area contributed by atoms with Gasteiger partial charge in [-0.3, -0.25) is 4.72 Å². The Balaban J connectivity index is 2.51. The lowest BCUT2D eigenvalue weighted by Crippen LogP contribution is -2.16. The zero-order valence-electron chi connectivity index (χ0n) is 11.4. The van der Waals surface area contributed by atoms with Crippen molar-refractivity contribution in [2.45, 2.75) is 18.7 Å². The van der Waals surface area contributed by atoms with Crippen LogP contribution in [0.3, 0.4) is 0 Å². The van der Waals surface area contributed by atoms with Crippen molar-refractivity contribution < 1.29 is 8.42 Å². The number of benzene rings is 2. The molecule has 0 aliphatic rings. The minimum absolute atomic E-state index is 0.0339. The second kappa shape index (κ2) is 5.98. The highest BCUT2D eigenvalue weighted by atomic mass is 79.9. The summed E-state index contributed by atoms with van der Waals surface area (Å²) in [5.41, 5.74) is 8.39. The topological polar surface area (TPSA) is 72.2 Å². The molecule has 4 nitrogen and oxygen atoms in total. The Kier molecular flexibility index (Phi) is 4.65. The Morgan fingerprint density at radius 1 is 1.10 bits per heavy atom. The molecule has 0 radical (unpaired) electrons. The van der Waals surface area contributed by atoms with Crippen molar-refractivity contribution in [2.24, 2.45) is 0 Å². The van der Waals surface area contributed by atoms with E-state index in [4.69, 9.17) is 5.73 Å². The van der Waals surface area contributed by atoms with Crippen molar-refractivity contribution in [2.75, 3.05) is 10.5 Å². The normalized spacial score (nSPS) is 11.4. The summed E-state index contributed by atoms with van der Waals surface area (Å²) in [5.74, 6) is 0. The fraction of sp³-hybridized carbons (Fsp3) is 0.143. The third kappa shape index (κ3) is 3.59. The van der Waals surface area contributed by atoms with Crippen LogP contribution in [0.4, 0.5) is 11.4 Å². The molecule has 0 saturated heterocycles. The van der Waals surface area contributed by atoms with E-state index in [-0.39, 0.29) is 10.6 Å². The highest BCUT2D eigenvalue weighted by Crippen LogP contribution is 2.33. The Bertz CT molecular complexity index is 782. The average molecular weight is 434 g/mol. The van der Waals surface area contributed by atoms with Gasteiger partial charge in [-0.2, -0.15) is 0 Å². The standard InChI is InChI=1S/C14H14Br2N2O2S/c1-8-3-4-9(2)13(5-8)18-21(19,20)14-11(16)6-10(15)7-12(14)17/h3-7,18H,17H2,1-2H3. The van der Waals surface area contributed by atoms with E-state index in [0.29, 0.717) is 14.6 Å². The van der Waals surface area contributed by atoms with E-state index in [2.05, 4.69) is 36.6 Å². The van der Waals surface area contributed by atoms with Gasteiger partial charge in [-0.1, -0.05) is 28.1 Å². The number of hydrogen-bond acceptors (Lipinski definition) is 3. The van der Waals surface area contributed by atoms with Crippen LogP contribution in [0.2, 0.25) is 0 Å². The van der Waals surface area contributed by atoms with E-state index in [1.807, 2.05) is 26.0 Å². The van der Waals surface area contributed by atoms with E-state index in [0.717, 1.165) is 11.1 Å². The van der Waals surface area contributed by atoms with Crippen LogP contribution in [0.25, 0.3) is 0 Å². The SMILES string of the molecule is Cc1ccc(C)c(NS(=O)(=O)c2c(N)cc(Br)cc2Br)c1. The molecular weight excluding hydrogens is 420 g/mol. The van der Waals surface area contributed by atoms with Crippen LogP contribution in [0.1, 0.15) is 11.1 Å². The minimum Gasteiger partial charge on any atom is -0.398 e. The Hall–Kier alpha value is -1.05. The maximum Gasteiger partial charge on any atom is 0.265 e. The first kappa shape index (κ1) is 16.3. The number of halogens is 2. The zero-order chi connectivity index (χ0) is 15.8. The molecule has 0 atom stereocenters. The molecule has 0 saturated carbocycles. The van der Waals surface area contributed by atoms with Gasteiger partial charge in [0.25, 0.3) is 10.0 Å². The zero-order valence-corrected chi connectivity index (χ0v) is 15.4. The maximum absolute atomic E-state index is 12.6. The fourth-order valence-corrected chi connectivity index (χ4v) is 5.10. The molecule has 0 bridgehead atoms. The minimum atomic E-state index is -3.77. The van der Waals surface area contributed by atoms with Crippen molar-refractivity contribution in [3.05, 3.63) is 50.4 Å². The highest BCUT2D eigenvalue weighted by molar-refractivity contribution is 9.11. The van der Waals surface area contributed by atoms with Gasteiger partial charge in [0.1, 0.15) is 4.90 Å². The van der Waals surface area contributed by atoms with Gasteiger partial charge in [0.15, 0.2) is 0 Å². The lowest BCUT2D eigenvalue weighted by molar-refractivity contribution is 0.601. The number of nitrogen functional groups attached to an aromatic ring is 1. The van der Waals surface area contributed by atoms with E-state index in [9.17, 15) is 8.42 Å². The van der Waals surface area contributed by atoms with Gasteiger partial charge >= 0.3 is 0 Å². The molecule has 0 aliphatic carbocycles. The van der Waals surface area contributed by atoms with E-state index in [1.165, 1.54) is 0 Å². The monoisotopic (exact) mass is 432 g/mol. The number of aryl methyl sites for hydroxylation is 2. The van der Waals surface area contributed by atoms with Gasteiger partial charge in [-0.05, 0) is 59.1 Å². The summed E-state index contributed by atoms with van der Waals surface area (Å²) >= 11 is 6.53. The largest absolute Gasteiger partial charge is 0.398 e. The third-order valence-electron chi connectivity index (χ3n) is 2.94. The summed E-state index contributed by atoms with van der Waals surface area (Å²) in [5, 5.41) is 0. The average Bonchev–Trinajstić information content (AvgIpc) is 2.31. The van der Waals surface area contributed by atoms with Gasteiger partial charge in [0.05, 0.1) is 11.4 Å². The second-order valence-electron chi connectivity index (χ2n) is 4.73. The van der Waals surface area contributed by atoms with Crippen LogP contribution in [0.5, 0.6) is 0 Å². The molecule has 0 aliphatic heterocycles. The van der Waals surface area contributed by atoms with Crippen molar-refractivity contribution in [1.82, 2.24) is 0 Å². The number of hydrogen-bond donors (Lipinski definition) is 2. The molecule has 3 N–H and O–H groups in total. The lowest BCUT2D eigenvalue weighted by atomic mass is 10.1. The van der Waals surface area contributed by atoms with Gasteiger partial charge in [-0.25, -0.2) is 8.42 Å². The van der Waals surface area contributed by atoms with Crippen LogP contribution in [-0.2, 0) is 10.0 Å². The summed E-state index contributed by atoms with van der Waals surface area (Å²) < 4.78 is 28.9. The number of nitrogens with one attached hydrogen (secondary N) is 1. The molecular formula is C14H14Br2N2O2S. The summed E-state index contributed by atoms with van der Waals surface area (Å²) in [6.07, 6.45) is 0. The molecule has 0 heterocycles. The number of nitrogens with two attached hydrogens (primary N) is 1. The Labute approximate surface area is 141 Å². The smallest absolute Gasteiger partial charge is 0.265 e. The predicted molar refractivity (Wildman–Crippen MR) is 93.0 cm³/mol. The summed E-state index contributed by atoms with van der Waals surface area (Å²) in [7, 11) is -3.77. The molecule has 112 valence electrons. The molecule has 2 aromatic carbocycles. The number of anilines is 2. The van der Waals surface area contributed by atoms with Crippen LogP contribution >= 0.6 is 31.9 Å². The van der Waals surface area contributed by atoms with Gasteiger partial charge in [0, 0.05) is 8.95 Å². The van der Waals surface area contributed by atoms with Crippen molar-refractivity contribution in [3.63, 3.8) is 0 Å². The summed E-state index contributed by atoms with van der Waals surface area (Å²) in [6.45, 7) is 3.75. The van der Waals surface area contributed by atoms with E-state index in [1.54, 1.807) is 18.2 Å². The van der Waals surface area contributed by atoms with Gasteiger partial charge in [-0.15, -0.1) is 0 Å². The van der Waals surface area contributed by atoms with Crippen molar-refractivity contribution in [3.8, 4) is 0 Å². The quantitative estimate of drug-likeness (QED) is 0.712. The van der Waals surface area contributed by atoms with Crippen LogP contribution < -0.4 is 10.5 Å².